The molecule has 8 nitrogen and oxygen atoms in total. The molecule has 23 heavy (non-hydrogen) atoms. The van der Waals surface area contributed by atoms with Crippen LogP contribution in [0.5, 0.6) is 0 Å². The Hall–Kier alpha value is -2.36. The molecular formula is C14H17BN2O6. The third-order valence-electron chi connectivity index (χ3n) is 3.43. The lowest BCUT2D eigenvalue weighted by Crippen LogP contribution is -2.31. The van der Waals surface area contributed by atoms with Crippen molar-refractivity contribution in [2.75, 3.05) is 32.1 Å². The Morgan fingerprint density at radius 2 is 2.00 bits per heavy atom. The van der Waals surface area contributed by atoms with Crippen LogP contribution in [0.15, 0.2) is 35.5 Å². The molecule has 1 aromatic carbocycles. The fourth-order valence-corrected chi connectivity index (χ4v) is 2.23. The molecule has 0 saturated carbocycles. The first-order chi connectivity index (χ1) is 11.0. The predicted molar refractivity (Wildman–Crippen MR) is 82.6 cm³/mol. The van der Waals surface area contributed by atoms with Crippen LogP contribution in [-0.2, 0) is 14.3 Å². The van der Waals surface area contributed by atoms with E-state index >= 15 is 0 Å². The van der Waals surface area contributed by atoms with E-state index in [4.69, 9.17) is 15.2 Å². The van der Waals surface area contributed by atoms with E-state index in [0.717, 1.165) is 0 Å². The number of hydrogen-bond acceptors (Lipinski definition) is 7. The first kappa shape index (κ1) is 17.0. The number of rotatable bonds is 6. The molecule has 0 spiro atoms. The fraction of sp³-hybridized carbons (Fsp3) is 0.286. The van der Waals surface area contributed by atoms with E-state index in [2.05, 4.69) is 10.1 Å². The lowest BCUT2D eigenvalue weighted by Gasteiger charge is -2.15. The summed E-state index contributed by atoms with van der Waals surface area (Å²) < 4.78 is 4.68. The zero-order valence-corrected chi connectivity index (χ0v) is 12.5. The number of aliphatic hydroxyl groups is 1. The van der Waals surface area contributed by atoms with E-state index in [0.29, 0.717) is 11.2 Å². The minimum Gasteiger partial charge on any atom is -0.466 e. The van der Waals surface area contributed by atoms with Gasteiger partial charge in [0.05, 0.1) is 25.8 Å². The summed E-state index contributed by atoms with van der Waals surface area (Å²) in [6.07, 6.45) is 0. The maximum atomic E-state index is 12.3. The van der Waals surface area contributed by atoms with Crippen LogP contribution in [0.4, 0.5) is 5.69 Å². The van der Waals surface area contributed by atoms with Crippen LogP contribution >= 0.6 is 0 Å². The van der Waals surface area contributed by atoms with Gasteiger partial charge in [0.25, 0.3) is 5.91 Å². The largest absolute Gasteiger partial charge is 0.488 e. The SMILES string of the molecule is COC(=O)C1=C(Nc2ccc(B(O)O)cc2)C(=O)N(CCO)C1. The highest BCUT2D eigenvalue weighted by molar-refractivity contribution is 6.58. The molecule has 2 rings (SSSR count). The molecule has 4 N–H and O–H groups in total. The summed E-state index contributed by atoms with van der Waals surface area (Å²) in [6.45, 7) is -0.0431. The van der Waals surface area contributed by atoms with Gasteiger partial charge in [0, 0.05) is 12.2 Å². The molecule has 0 radical (unpaired) electrons. The third-order valence-corrected chi connectivity index (χ3v) is 3.43. The summed E-state index contributed by atoms with van der Waals surface area (Å²) >= 11 is 0. The van der Waals surface area contributed by atoms with Crippen molar-refractivity contribution in [1.82, 2.24) is 4.90 Å². The molecule has 9 heteroatoms. The maximum absolute atomic E-state index is 12.3. The molecule has 1 aliphatic heterocycles. The molecule has 1 amide bonds. The Labute approximate surface area is 133 Å². The number of aliphatic hydroxyl groups excluding tert-OH is 1. The molecule has 0 unspecified atom stereocenters. The Morgan fingerprint density at radius 1 is 1.35 bits per heavy atom. The summed E-state index contributed by atoms with van der Waals surface area (Å²) in [6, 6.07) is 6.07. The van der Waals surface area contributed by atoms with E-state index in [-0.39, 0.29) is 31.0 Å². The monoisotopic (exact) mass is 320 g/mol. The second-order valence-electron chi connectivity index (χ2n) is 4.92. The number of amides is 1. The maximum Gasteiger partial charge on any atom is 0.488 e. The van der Waals surface area contributed by atoms with Crippen LogP contribution < -0.4 is 10.8 Å². The third kappa shape index (κ3) is 3.70. The highest BCUT2D eigenvalue weighted by Gasteiger charge is 2.34. The van der Waals surface area contributed by atoms with Crippen LogP contribution in [-0.4, -0.2) is 65.9 Å². The molecule has 0 aliphatic carbocycles. The zero-order valence-electron chi connectivity index (χ0n) is 12.5. The number of ether oxygens (including phenoxy) is 1. The van der Waals surface area contributed by atoms with Gasteiger partial charge in [0.1, 0.15) is 5.70 Å². The number of carbonyl (C=O) groups is 2. The summed E-state index contributed by atoms with van der Waals surface area (Å²) in [5, 5.41) is 30.0. The van der Waals surface area contributed by atoms with Crippen LogP contribution in [0.3, 0.4) is 0 Å². The smallest absolute Gasteiger partial charge is 0.466 e. The average Bonchev–Trinajstić information content (AvgIpc) is 2.84. The summed E-state index contributed by atoms with van der Waals surface area (Å²) in [5.74, 6) is -1.03. The molecule has 1 heterocycles. The molecular weight excluding hydrogens is 303 g/mol. The number of nitrogens with zero attached hydrogens (tertiary/aromatic N) is 1. The molecule has 0 bridgehead atoms. The van der Waals surface area contributed by atoms with Crippen molar-refractivity contribution in [3.05, 3.63) is 35.5 Å². The van der Waals surface area contributed by atoms with E-state index in [1.807, 2.05) is 0 Å². The number of carbonyl (C=O) groups excluding carboxylic acids is 2. The number of methoxy groups -OCH3 is 1. The van der Waals surface area contributed by atoms with Gasteiger partial charge in [0.15, 0.2) is 0 Å². The molecule has 0 fully saturated rings. The summed E-state index contributed by atoms with van der Waals surface area (Å²) in [5.41, 5.74) is 1.07. The van der Waals surface area contributed by atoms with E-state index < -0.39 is 19.0 Å². The van der Waals surface area contributed by atoms with Gasteiger partial charge in [-0.15, -0.1) is 0 Å². The highest BCUT2D eigenvalue weighted by atomic mass is 16.5. The van der Waals surface area contributed by atoms with Crippen LogP contribution in [0.25, 0.3) is 0 Å². The first-order valence-electron chi connectivity index (χ1n) is 6.92. The Balaban J connectivity index is 2.25. The minimum absolute atomic E-state index is 0.0574. The van der Waals surface area contributed by atoms with Gasteiger partial charge < -0.3 is 30.1 Å². The van der Waals surface area contributed by atoms with Crippen molar-refractivity contribution >= 4 is 30.1 Å². The fourth-order valence-electron chi connectivity index (χ4n) is 2.23. The quantitative estimate of drug-likeness (QED) is 0.355. The van der Waals surface area contributed by atoms with Crippen LogP contribution in [0.2, 0.25) is 0 Å². The average molecular weight is 320 g/mol. The van der Waals surface area contributed by atoms with Gasteiger partial charge in [-0.3, -0.25) is 4.79 Å². The number of β-amino-alcohol motifs (C(OH)–C–C–N with tert-alkyl or cyclic N) is 1. The first-order valence-corrected chi connectivity index (χ1v) is 6.92. The van der Waals surface area contributed by atoms with Gasteiger partial charge in [-0.25, -0.2) is 4.79 Å². The van der Waals surface area contributed by atoms with Gasteiger partial charge in [-0.1, -0.05) is 12.1 Å². The number of esters is 1. The van der Waals surface area contributed by atoms with Crippen molar-refractivity contribution in [2.24, 2.45) is 0 Å². The lowest BCUT2D eigenvalue weighted by atomic mass is 9.80. The van der Waals surface area contributed by atoms with Crippen molar-refractivity contribution in [2.45, 2.75) is 0 Å². The van der Waals surface area contributed by atoms with E-state index in [1.54, 1.807) is 12.1 Å². The lowest BCUT2D eigenvalue weighted by molar-refractivity contribution is -0.136. The molecule has 0 aromatic heterocycles. The predicted octanol–water partition coefficient (Wildman–Crippen LogP) is -1.96. The van der Waals surface area contributed by atoms with Crippen molar-refractivity contribution in [3.8, 4) is 0 Å². The van der Waals surface area contributed by atoms with Gasteiger partial charge in [-0.05, 0) is 17.6 Å². The van der Waals surface area contributed by atoms with Crippen LogP contribution in [0.1, 0.15) is 0 Å². The number of anilines is 1. The van der Waals surface area contributed by atoms with E-state index in [9.17, 15) is 9.59 Å². The van der Waals surface area contributed by atoms with Gasteiger partial charge >= 0.3 is 13.1 Å². The number of nitrogens with one attached hydrogen (secondary N) is 1. The van der Waals surface area contributed by atoms with Crippen molar-refractivity contribution in [3.63, 3.8) is 0 Å². The Morgan fingerprint density at radius 3 is 2.52 bits per heavy atom. The van der Waals surface area contributed by atoms with Crippen molar-refractivity contribution < 1.29 is 29.5 Å². The molecule has 0 atom stereocenters. The normalized spacial score (nSPS) is 14.3. The zero-order chi connectivity index (χ0) is 17.0. The minimum atomic E-state index is -1.58. The van der Waals surface area contributed by atoms with Crippen molar-refractivity contribution in [1.29, 1.82) is 0 Å². The Kier molecular flexibility index (Phi) is 5.38. The Bertz CT molecular complexity index is 629. The molecule has 122 valence electrons. The molecule has 0 saturated heterocycles. The summed E-state index contributed by atoms with van der Waals surface area (Å²) in [7, 11) is -0.356. The second kappa shape index (κ2) is 7.27. The molecule has 1 aromatic rings. The topological polar surface area (TPSA) is 119 Å². The number of hydrogen-bond donors (Lipinski definition) is 4. The molecule has 1 aliphatic rings. The highest BCUT2D eigenvalue weighted by Crippen LogP contribution is 2.22. The van der Waals surface area contributed by atoms with Gasteiger partial charge in [0.2, 0.25) is 0 Å². The number of benzene rings is 1. The standard InChI is InChI=1S/C14H17BN2O6/c1-23-14(20)11-8-17(6-7-18)13(19)12(11)16-10-4-2-9(3-5-10)15(21)22/h2-5,16,18,21-22H,6-8H2,1H3. The summed E-state index contributed by atoms with van der Waals surface area (Å²) in [4.78, 5) is 25.5. The van der Waals surface area contributed by atoms with Crippen LogP contribution in [0, 0.1) is 0 Å². The second-order valence-corrected chi connectivity index (χ2v) is 4.92. The van der Waals surface area contributed by atoms with E-state index in [1.165, 1.54) is 24.1 Å². The van der Waals surface area contributed by atoms with Gasteiger partial charge in [-0.2, -0.15) is 0 Å².